The molecule has 0 aliphatic carbocycles. The second-order valence-corrected chi connectivity index (χ2v) is 5.01. The topological polar surface area (TPSA) is 15.3 Å². The van der Waals surface area contributed by atoms with Gasteiger partial charge in [-0.3, -0.25) is 4.90 Å². The summed E-state index contributed by atoms with van der Waals surface area (Å²) in [5.41, 5.74) is 0.560. The van der Waals surface area contributed by atoms with Crippen molar-refractivity contribution in [2.75, 3.05) is 20.1 Å². The molecule has 1 aromatic carbocycles. The number of hydrogen-bond acceptors (Lipinski definition) is 2. The molecule has 0 radical (unpaired) electrons. The van der Waals surface area contributed by atoms with Gasteiger partial charge in [0.15, 0.2) is 0 Å². The van der Waals surface area contributed by atoms with E-state index in [-0.39, 0.29) is 6.04 Å². The largest absolute Gasteiger partial charge is 0.315 e. The van der Waals surface area contributed by atoms with Crippen LogP contribution < -0.4 is 5.32 Å². The molecular weight excluding hydrogens is 234 g/mol. The maximum Gasteiger partial charge on any atom is 0.130 e. The Hall–Kier alpha value is -1.00. The van der Waals surface area contributed by atoms with E-state index in [1.807, 2.05) is 14.0 Å². The molecule has 0 spiro atoms. The number of likely N-dealkylation sites (N-methyl/N-ethyl adjacent to an activating group) is 1. The van der Waals surface area contributed by atoms with Crippen LogP contribution in [0.3, 0.4) is 0 Å². The first-order valence-electron chi connectivity index (χ1n) is 6.47. The van der Waals surface area contributed by atoms with Gasteiger partial charge in [0.05, 0.1) is 0 Å². The Morgan fingerprint density at radius 3 is 2.78 bits per heavy atom. The van der Waals surface area contributed by atoms with Gasteiger partial charge < -0.3 is 5.32 Å². The van der Waals surface area contributed by atoms with Crippen LogP contribution in [0.1, 0.15) is 31.4 Å². The maximum absolute atomic E-state index is 13.7. The second kappa shape index (κ2) is 5.76. The van der Waals surface area contributed by atoms with Crippen LogP contribution >= 0.6 is 0 Å². The monoisotopic (exact) mass is 254 g/mol. The van der Waals surface area contributed by atoms with Gasteiger partial charge in [-0.05, 0) is 39.4 Å². The van der Waals surface area contributed by atoms with Gasteiger partial charge in [0.1, 0.15) is 11.6 Å². The van der Waals surface area contributed by atoms with E-state index in [0.717, 1.165) is 32.0 Å². The number of hydrogen-bond donors (Lipinski definition) is 1. The fraction of sp³-hybridized carbons (Fsp3) is 0.571. The molecule has 100 valence electrons. The summed E-state index contributed by atoms with van der Waals surface area (Å²) < 4.78 is 26.6. The zero-order valence-electron chi connectivity index (χ0n) is 10.9. The Morgan fingerprint density at radius 1 is 1.39 bits per heavy atom. The van der Waals surface area contributed by atoms with Crippen molar-refractivity contribution in [2.45, 2.75) is 31.8 Å². The number of benzene rings is 1. The first-order chi connectivity index (χ1) is 8.59. The minimum absolute atomic E-state index is 0.0458. The molecule has 0 saturated carbocycles. The molecule has 1 saturated heterocycles. The van der Waals surface area contributed by atoms with E-state index in [4.69, 9.17) is 0 Å². The van der Waals surface area contributed by atoms with Crippen LogP contribution in [0, 0.1) is 11.6 Å². The molecule has 18 heavy (non-hydrogen) atoms. The summed E-state index contributed by atoms with van der Waals surface area (Å²) in [4.78, 5) is 2.17. The summed E-state index contributed by atoms with van der Waals surface area (Å²) in [7, 11) is 2.01. The lowest BCUT2D eigenvalue weighted by molar-refractivity contribution is 0.154. The van der Waals surface area contributed by atoms with Crippen molar-refractivity contribution in [3.63, 3.8) is 0 Å². The smallest absolute Gasteiger partial charge is 0.130 e. The zero-order valence-corrected chi connectivity index (χ0v) is 10.9. The number of nitrogens with one attached hydrogen (secondary N) is 1. The zero-order chi connectivity index (χ0) is 13.1. The second-order valence-electron chi connectivity index (χ2n) is 5.01. The molecule has 1 aliphatic rings. The van der Waals surface area contributed by atoms with Crippen molar-refractivity contribution in [1.82, 2.24) is 10.2 Å². The van der Waals surface area contributed by atoms with Gasteiger partial charge in [-0.1, -0.05) is 6.07 Å². The normalized spacial score (nSPS) is 22.2. The van der Waals surface area contributed by atoms with Gasteiger partial charge in [0, 0.05) is 30.3 Å². The summed E-state index contributed by atoms with van der Waals surface area (Å²) in [6, 6.07) is 4.19. The summed E-state index contributed by atoms with van der Waals surface area (Å²) >= 11 is 0. The molecule has 1 aliphatic heterocycles. The van der Waals surface area contributed by atoms with Gasteiger partial charge in [0.25, 0.3) is 0 Å². The van der Waals surface area contributed by atoms with Crippen molar-refractivity contribution >= 4 is 0 Å². The van der Waals surface area contributed by atoms with E-state index in [2.05, 4.69) is 10.2 Å². The van der Waals surface area contributed by atoms with Gasteiger partial charge in [-0.25, -0.2) is 8.78 Å². The molecule has 1 N–H and O–H groups in total. The minimum Gasteiger partial charge on any atom is -0.315 e. The highest BCUT2D eigenvalue weighted by Gasteiger charge is 2.24. The standard InChI is InChI=1S/C14H20F2N2/c1-10(13-6-5-11(15)8-14(13)16)18(2)12-4-3-7-17-9-12/h5-6,8,10,12,17H,3-4,7,9H2,1-2H3. The summed E-state index contributed by atoms with van der Waals surface area (Å²) in [6.07, 6.45) is 2.27. The van der Waals surface area contributed by atoms with E-state index in [1.165, 1.54) is 6.07 Å². The third kappa shape index (κ3) is 2.87. The lowest BCUT2D eigenvalue weighted by atomic mass is 10.0. The maximum atomic E-state index is 13.7. The van der Waals surface area contributed by atoms with Gasteiger partial charge in [-0.2, -0.15) is 0 Å². The molecule has 2 nitrogen and oxygen atoms in total. The van der Waals surface area contributed by atoms with Crippen molar-refractivity contribution in [1.29, 1.82) is 0 Å². The molecule has 1 fully saturated rings. The molecule has 0 amide bonds. The SMILES string of the molecule is CC(c1ccc(F)cc1F)N(C)C1CCCNC1. The van der Waals surface area contributed by atoms with Crippen molar-refractivity contribution in [2.24, 2.45) is 0 Å². The Bertz CT molecular complexity index is 403. The Labute approximate surface area is 107 Å². The minimum atomic E-state index is -0.523. The lowest BCUT2D eigenvalue weighted by Gasteiger charge is -2.36. The van der Waals surface area contributed by atoms with Crippen LogP contribution in [0.2, 0.25) is 0 Å². The third-order valence-electron chi connectivity index (χ3n) is 3.87. The molecule has 0 aromatic heterocycles. The van der Waals surface area contributed by atoms with Crippen LogP contribution in [0.5, 0.6) is 0 Å². The third-order valence-corrected chi connectivity index (χ3v) is 3.87. The van der Waals surface area contributed by atoms with Crippen LogP contribution in [0.25, 0.3) is 0 Å². The Morgan fingerprint density at radius 2 is 2.17 bits per heavy atom. The van der Waals surface area contributed by atoms with Crippen molar-refractivity contribution in [3.05, 3.63) is 35.4 Å². The van der Waals surface area contributed by atoms with Crippen LogP contribution in [-0.4, -0.2) is 31.1 Å². The van der Waals surface area contributed by atoms with E-state index in [9.17, 15) is 8.78 Å². The predicted molar refractivity (Wildman–Crippen MR) is 68.4 cm³/mol. The van der Waals surface area contributed by atoms with E-state index >= 15 is 0 Å². The Kier molecular flexibility index (Phi) is 4.30. The summed E-state index contributed by atoms with van der Waals surface area (Å²) in [6.45, 7) is 3.96. The molecule has 4 heteroatoms. The fourth-order valence-corrected chi connectivity index (χ4v) is 2.56. The number of halogens is 2. The highest BCUT2D eigenvalue weighted by atomic mass is 19.1. The molecule has 0 bridgehead atoms. The molecule has 2 unspecified atom stereocenters. The quantitative estimate of drug-likeness (QED) is 0.892. The number of rotatable bonds is 3. The highest BCUT2D eigenvalue weighted by molar-refractivity contribution is 5.21. The van der Waals surface area contributed by atoms with Crippen LogP contribution in [0.4, 0.5) is 8.78 Å². The number of piperidine rings is 1. The van der Waals surface area contributed by atoms with Crippen LogP contribution in [0.15, 0.2) is 18.2 Å². The fourth-order valence-electron chi connectivity index (χ4n) is 2.56. The van der Waals surface area contributed by atoms with Gasteiger partial charge in [-0.15, -0.1) is 0 Å². The van der Waals surface area contributed by atoms with E-state index in [1.54, 1.807) is 6.07 Å². The average molecular weight is 254 g/mol. The summed E-state index contributed by atoms with van der Waals surface area (Å²) in [5.74, 6) is -0.983. The lowest BCUT2D eigenvalue weighted by Crippen LogP contribution is -2.45. The Balaban J connectivity index is 2.11. The van der Waals surface area contributed by atoms with E-state index < -0.39 is 11.6 Å². The molecule has 1 aromatic rings. The van der Waals surface area contributed by atoms with Crippen LogP contribution in [-0.2, 0) is 0 Å². The van der Waals surface area contributed by atoms with Crippen molar-refractivity contribution < 1.29 is 8.78 Å². The number of nitrogens with zero attached hydrogens (tertiary/aromatic N) is 1. The highest BCUT2D eigenvalue weighted by Crippen LogP contribution is 2.25. The molecule has 2 rings (SSSR count). The first kappa shape index (κ1) is 13.4. The van der Waals surface area contributed by atoms with E-state index in [0.29, 0.717) is 11.6 Å². The van der Waals surface area contributed by atoms with Crippen molar-refractivity contribution in [3.8, 4) is 0 Å². The average Bonchev–Trinajstić information content (AvgIpc) is 2.38. The first-order valence-corrected chi connectivity index (χ1v) is 6.47. The van der Waals surface area contributed by atoms with Gasteiger partial charge in [0.2, 0.25) is 0 Å². The summed E-state index contributed by atoms with van der Waals surface area (Å²) in [5, 5.41) is 3.35. The molecular formula is C14H20F2N2. The molecule has 1 heterocycles. The predicted octanol–water partition coefficient (Wildman–Crippen LogP) is 2.71. The van der Waals surface area contributed by atoms with Gasteiger partial charge >= 0.3 is 0 Å². The molecule has 2 atom stereocenters.